The Balaban J connectivity index is 2.00. The number of halogens is 2. The first-order valence-electron chi connectivity index (χ1n) is 6.32. The molecule has 1 unspecified atom stereocenters. The molecule has 0 N–H and O–H groups in total. The second kappa shape index (κ2) is 5.99. The number of thiazole rings is 1. The van der Waals surface area contributed by atoms with Crippen LogP contribution in [0.2, 0.25) is 0 Å². The van der Waals surface area contributed by atoms with Crippen LogP contribution in [0.25, 0.3) is 11.0 Å². The molecular weight excluding hydrogens is 405 g/mol. The Labute approximate surface area is 140 Å². The highest BCUT2D eigenvalue weighted by atomic mass is 127. The zero-order valence-electron chi connectivity index (χ0n) is 10.9. The van der Waals surface area contributed by atoms with Crippen molar-refractivity contribution in [2.75, 3.05) is 0 Å². The summed E-state index contributed by atoms with van der Waals surface area (Å²) < 4.78 is 3.40. The van der Waals surface area contributed by atoms with Gasteiger partial charge in [-0.05, 0) is 47.7 Å². The SMILES string of the molecule is CC(Cl)c1nc2cc(I)ccc2n1CCc1cscn1. The fourth-order valence-electron chi connectivity index (χ4n) is 2.25. The molecule has 3 nitrogen and oxygen atoms in total. The smallest absolute Gasteiger partial charge is 0.127 e. The predicted molar refractivity (Wildman–Crippen MR) is 92.5 cm³/mol. The average molecular weight is 418 g/mol. The molecule has 0 radical (unpaired) electrons. The number of hydrogen-bond acceptors (Lipinski definition) is 3. The third-order valence-electron chi connectivity index (χ3n) is 3.17. The minimum Gasteiger partial charge on any atom is -0.326 e. The van der Waals surface area contributed by atoms with Crippen LogP contribution in [0.3, 0.4) is 0 Å². The van der Waals surface area contributed by atoms with Crippen molar-refractivity contribution >= 4 is 56.6 Å². The Bertz CT molecular complexity index is 721. The van der Waals surface area contributed by atoms with Gasteiger partial charge in [-0.25, -0.2) is 9.97 Å². The summed E-state index contributed by atoms with van der Waals surface area (Å²) in [5.74, 6) is 0.930. The lowest BCUT2D eigenvalue weighted by atomic mass is 10.3. The van der Waals surface area contributed by atoms with Crippen molar-refractivity contribution < 1.29 is 0 Å². The quantitative estimate of drug-likeness (QED) is 0.457. The molecule has 0 amide bonds. The van der Waals surface area contributed by atoms with Gasteiger partial charge in [-0.1, -0.05) is 0 Å². The molecule has 0 spiro atoms. The fourth-order valence-corrected chi connectivity index (χ4v) is 3.48. The van der Waals surface area contributed by atoms with Crippen LogP contribution in [0.4, 0.5) is 0 Å². The van der Waals surface area contributed by atoms with E-state index in [1.54, 1.807) is 11.3 Å². The second-order valence-corrected chi connectivity index (χ2v) is 7.22. The van der Waals surface area contributed by atoms with Crippen molar-refractivity contribution in [2.24, 2.45) is 0 Å². The standard InChI is InChI=1S/C14H13ClIN3S/c1-9(15)14-18-12-6-10(16)2-3-13(12)19(14)5-4-11-7-20-8-17-11/h2-3,6-9H,4-5H2,1H3. The molecule has 1 atom stereocenters. The van der Waals surface area contributed by atoms with Gasteiger partial charge in [0.25, 0.3) is 0 Å². The summed E-state index contributed by atoms with van der Waals surface area (Å²) in [6, 6.07) is 6.32. The average Bonchev–Trinajstić information content (AvgIpc) is 3.02. The number of hydrogen-bond donors (Lipinski definition) is 0. The van der Waals surface area contributed by atoms with Gasteiger partial charge in [-0.15, -0.1) is 22.9 Å². The second-order valence-electron chi connectivity index (χ2n) is 4.60. The Morgan fingerprint density at radius 1 is 1.45 bits per heavy atom. The number of alkyl halides is 1. The van der Waals surface area contributed by atoms with Crippen molar-refractivity contribution in [2.45, 2.75) is 25.3 Å². The van der Waals surface area contributed by atoms with E-state index in [0.717, 1.165) is 35.5 Å². The maximum absolute atomic E-state index is 6.28. The topological polar surface area (TPSA) is 30.7 Å². The van der Waals surface area contributed by atoms with E-state index in [1.807, 2.05) is 12.4 Å². The molecule has 0 saturated carbocycles. The Hall–Kier alpha value is -0.660. The van der Waals surface area contributed by atoms with Gasteiger partial charge in [0.05, 0.1) is 27.6 Å². The molecule has 0 aliphatic carbocycles. The Morgan fingerprint density at radius 2 is 2.30 bits per heavy atom. The van der Waals surface area contributed by atoms with Crippen molar-refractivity contribution in [3.63, 3.8) is 0 Å². The predicted octanol–water partition coefficient (Wildman–Crippen LogP) is 4.64. The first kappa shape index (κ1) is 14.3. The van der Waals surface area contributed by atoms with Crippen LogP contribution in [-0.4, -0.2) is 14.5 Å². The van der Waals surface area contributed by atoms with Gasteiger partial charge in [-0.2, -0.15) is 0 Å². The lowest BCUT2D eigenvalue weighted by Crippen LogP contribution is -2.07. The molecule has 2 aromatic heterocycles. The van der Waals surface area contributed by atoms with Gasteiger partial charge < -0.3 is 4.57 Å². The zero-order valence-corrected chi connectivity index (χ0v) is 14.6. The zero-order chi connectivity index (χ0) is 14.1. The Morgan fingerprint density at radius 3 is 3.00 bits per heavy atom. The monoisotopic (exact) mass is 417 g/mol. The van der Waals surface area contributed by atoms with Crippen molar-refractivity contribution in [3.8, 4) is 0 Å². The normalized spacial score (nSPS) is 12.9. The van der Waals surface area contributed by atoms with Gasteiger partial charge in [0.2, 0.25) is 0 Å². The number of benzene rings is 1. The largest absolute Gasteiger partial charge is 0.326 e. The van der Waals surface area contributed by atoms with E-state index in [1.165, 1.54) is 3.57 Å². The summed E-state index contributed by atoms with van der Waals surface area (Å²) >= 11 is 10.2. The van der Waals surface area contributed by atoms with Crippen molar-refractivity contribution in [3.05, 3.63) is 44.2 Å². The maximum Gasteiger partial charge on any atom is 0.127 e. The van der Waals surface area contributed by atoms with Gasteiger partial charge in [-0.3, -0.25) is 0 Å². The summed E-state index contributed by atoms with van der Waals surface area (Å²) in [6.45, 7) is 2.82. The molecule has 0 saturated heterocycles. The molecule has 0 aliphatic heterocycles. The van der Waals surface area contributed by atoms with Crippen LogP contribution in [-0.2, 0) is 13.0 Å². The number of nitrogens with zero attached hydrogens (tertiary/aromatic N) is 3. The minimum absolute atomic E-state index is 0.101. The number of fused-ring (bicyclic) bond motifs is 1. The van der Waals surface area contributed by atoms with Crippen LogP contribution in [0, 0.1) is 3.57 Å². The molecule has 20 heavy (non-hydrogen) atoms. The minimum atomic E-state index is -0.101. The van der Waals surface area contributed by atoms with Gasteiger partial charge >= 0.3 is 0 Å². The molecular formula is C14H13ClIN3S. The van der Waals surface area contributed by atoms with Crippen LogP contribution in [0.5, 0.6) is 0 Å². The first-order chi connectivity index (χ1) is 9.65. The summed E-state index contributed by atoms with van der Waals surface area (Å²) in [4.78, 5) is 9.02. The molecule has 0 bridgehead atoms. The highest BCUT2D eigenvalue weighted by Gasteiger charge is 2.15. The van der Waals surface area contributed by atoms with Gasteiger partial charge in [0, 0.05) is 21.9 Å². The molecule has 1 aromatic carbocycles. The van der Waals surface area contributed by atoms with Gasteiger partial charge in [0.15, 0.2) is 0 Å². The molecule has 104 valence electrons. The van der Waals surface area contributed by atoms with E-state index < -0.39 is 0 Å². The van der Waals surface area contributed by atoms with E-state index >= 15 is 0 Å². The lowest BCUT2D eigenvalue weighted by molar-refractivity contribution is 0.662. The Kier molecular flexibility index (Phi) is 4.28. The van der Waals surface area contributed by atoms with Gasteiger partial charge in [0.1, 0.15) is 5.82 Å². The summed E-state index contributed by atoms with van der Waals surface area (Å²) in [7, 11) is 0. The van der Waals surface area contributed by atoms with Crippen molar-refractivity contribution in [1.82, 2.24) is 14.5 Å². The third-order valence-corrected chi connectivity index (χ3v) is 4.67. The van der Waals surface area contributed by atoms with E-state index in [9.17, 15) is 0 Å². The number of rotatable bonds is 4. The van der Waals surface area contributed by atoms with Crippen molar-refractivity contribution in [1.29, 1.82) is 0 Å². The van der Waals surface area contributed by atoms with Crippen LogP contribution >= 0.6 is 45.5 Å². The highest BCUT2D eigenvalue weighted by Crippen LogP contribution is 2.26. The van der Waals surface area contributed by atoms with E-state index in [0.29, 0.717) is 0 Å². The molecule has 0 fully saturated rings. The number of aryl methyl sites for hydroxylation is 2. The summed E-state index contributed by atoms with van der Waals surface area (Å²) in [6.07, 6.45) is 0.900. The third kappa shape index (κ3) is 2.84. The molecule has 3 rings (SSSR count). The van der Waals surface area contributed by atoms with E-state index in [-0.39, 0.29) is 5.38 Å². The number of imidazole rings is 1. The van der Waals surface area contributed by atoms with Crippen LogP contribution in [0.15, 0.2) is 29.1 Å². The maximum atomic E-state index is 6.28. The first-order valence-corrected chi connectivity index (χ1v) is 8.78. The highest BCUT2D eigenvalue weighted by molar-refractivity contribution is 14.1. The number of aromatic nitrogens is 3. The molecule has 3 aromatic rings. The van der Waals surface area contributed by atoms with E-state index in [2.05, 4.69) is 60.7 Å². The summed E-state index contributed by atoms with van der Waals surface area (Å²) in [5.41, 5.74) is 5.14. The summed E-state index contributed by atoms with van der Waals surface area (Å²) in [5, 5.41) is 1.99. The molecule has 6 heteroatoms. The fraction of sp³-hybridized carbons (Fsp3) is 0.286. The van der Waals surface area contributed by atoms with Crippen LogP contribution < -0.4 is 0 Å². The lowest BCUT2D eigenvalue weighted by Gasteiger charge is -2.09. The van der Waals surface area contributed by atoms with E-state index in [4.69, 9.17) is 11.6 Å². The van der Waals surface area contributed by atoms with Crippen LogP contribution in [0.1, 0.15) is 23.8 Å². The molecule has 2 heterocycles. The molecule has 0 aliphatic rings.